The van der Waals surface area contributed by atoms with E-state index in [-0.39, 0.29) is 37.1 Å². The first-order chi connectivity index (χ1) is 16.3. The first kappa shape index (κ1) is 23.4. The molecular weight excluding hydrogens is 424 g/mol. The lowest BCUT2D eigenvalue weighted by Crippen LogP contribution is -2.45. The minimum Gasteiger partial charge on any atom is -0.325 e. The second-order valence-electron chi connectivity index (χ2n) is 9.20. The van der Waals surface area contributed by atoms with Gasteiger partial charge in [0.25, 0.3) is 5.91 Å². The third-order valence-corrected chi connectivity index (χ3v) is 6.31. The third-order valence-electron chi connectivity index (χ3n) is 6.31. The maximum atomic E-state index is 13.5. The molecule has 3 aromatic rings. The van der Waals surface area contributed by atoms with Crippen LogP contribution in [0.4, 0.5) is 5.69 Å². The van der Waals surface area contributed by atoms with Crippen LogP contribution in [-0.4, -0.2) is 28.7 Å². The van der Waals surface area contributed by atoms with Gasteiger partial charge in [-0.3, -0.25) is 14.4 Å². The van der Waals surface area contributed by atoms with E-state index in [0.717, 1.165) is 22.3 Å². The number of imide groups is 1. The Balaban J connectivity index is 1.61. The zero-order valence-electron chi connectivity index (χ0n) is 19.9. The van der Waals surface area contributed by atoms with Crippen LogP contribution in [0.2, 0.25) is 0 Å². The number of aryl methyl sites for hydroxylation is 1. The number of anilines is 1. The lowest BCUT2D eigenvalue weighted by atomic mass is 10.0. The largest absolute Gasteiger partial charge is 0.325 e. The van der Waals surface area contributed by atoms with Crippen LogP contribution in [0.25, 0.3) is 0 Å². The number of carbonyl (C=O) groups excluding carboxylic acids is 3. The Morgan fingerprint density at radius 3 is 2.18 bits per heavy atom. The molecule has 0 aliphatic carbocycles. The Labute approximate surface area is 201 Å². The van der Waals surface area contributed by atoms with Gasteiger partial charge in [0.1, 0.15) is 6.04 Å². The molecule has 5 heteroatoms. The molecular formula is C29H30N2O3. The Morgan fingerprint density at radius 1 is 0.912 bits per heavy atom. The molecule has 174 valence electrons. The van der Waals surface area contributed by atoms with Crippen molar-refractivity contribution in [1.29, 1.82) is 0 Å². The summed E-state index contributed by atoms with van der Waals surface area (Å²) in [6.07, 6.45) is 0.158. The van der Waals surface area contributed by atoms with E-state index in [1.165, 1.54) is 4.90 Å². The molecule has 1 atom stereocenters. The average Bonchev–Trinajstić information content (AvgIpc) is 3.12. The number of nitrogens with zero attached hydrogens (tertiary/aromatic N) is 2. The summed E-state index contributed by atoms with van der Waals surface area (Å²) in [6, 6.07) is 24.0. The molecule has 0 N–H and O–H groups in total. The molecule has 3 amide bonds. The predicted molar refractivity (Wildman–Crippen MR) is 133 cm³/mol. The fraction of sp³-hybridized carbons (Fsp3) is 0.276. The zero-order valence-corrected chi connectivity index (χ0v) is 19.9. The summed E-state index contributed by atoms with van der Waals surface area (Å²) in [4.78, 5) is 42.7. The molecule has 1 saturated heterocycles. The summed E-state index contributed by atoms with van der Waals surface area (Å²) >= 11 is 0. The fourth-order valence-corrected chi connectivity index (χ4v) is 4.27. The van der Waals surface area contributed by atoms with Crippen molar-refractivity contribution in [2.45, 2.75) is 52.1 Å². The van der Waals surface area contributed by atoms with Gasteiger partial charge in [-0.1, -0.05) is 86.1 Å². The van der Waals surface area contributed by atoms with Crippen molar-refractivity contribution in [3.63, 3.8) is 0 Å². The second-order valence-corrected chi connectivity index (χ2v) is 9.20. The summed E-state index contributed by atoms with van der Waals surface area (Å²) in [7, 11) is 0. The Kier molecular flexibility index (Phi) is 6.92. The van der Waals surface area contributed by atoms with Crippen LogP contribution < -0.4 is 4.90 Å². The average molecular weight is 455 g/mol. The Morgan fingerprint density at radius 2 is 1.56 bits per heavy atom. The Hall–Kier alpha value is -3.73. The fourth-order valence-electron chi connectivity index (χ4n) is 4.27. The van der Waals surface area contributed by atoms with Crippen molar-refractivity contribution < 1.29 is 14.4 Å². The van der Waals surface area contributed by atoms with E-state index < -0.39 is 6.04 Å². The molecule has 5 nitrogen and oxygen atoms in total. The van der Waals surface area contributed by atoms with Crippen molar-refractivity contribution in [2.75, 3.05) is 4.90 Å². The van der Waals surface area contributed by atoms with E-state index in [2.05, 4.69) is 13.8 Å². The highest BCUT2D eigenvalue weighted by atomic mass is 16.2. The van der Waals surface area contributed by atoms with E-state index in [9.17, 15) is 14.4 Å². The molecule has 34 heavy (non-hydrogen) atoms. The smallest absolute Gasteiger partial charge is 0.257 e. The van der Waals surface area contributed by atoms with Gasteiger partial charge < -0.3 is 4.90 Å². The number of carbonyl (C=O) groups is 3. The molecule has 1 heterocycles. The van der Waals surface area contributed by atoms with E-state index in [1.54, 1.807) is 4.90 Å². The molecule has 1 unspecified atom stereocenters. The lowest BCUT2D eigenvalue weighted by molar-refractivity contribution is -0.138. The summed E-state index contributed by atoms with van der Waals surface area (Å²) < 4.78 is 0. The normalized spacial score (nSPS) is 15.8. The number of hydrogen-bond donors (Lipinski definition) is 0. The number of rotatable bonds is 7. The highest BCUT2D eigenvalue weighted by Gasteiger charge is 2.44. The van der Waals surface area contributed by atoms with Gasteiger partial charge in [-0.05, 0) is 41.7 Å². The van der Waals surface area contributed by atoms with Crippen LogP contribution >= 0.6 is 0 Å². The van der Waals surface area contributed by atoms with Gasteiger partial charge in [-0.2, -0.15) is 0 Å². The van der Waals surface area contributed by atoms with Gasteiger partial charge in [-0.15, -0.1) is 0 Å². The molecule has 0 radical (unpaired) electrons. The molecule has 0 bridgehead atoms. The quantitative estimate of drug-likeness (QED) is 0.471. The molecule has 4 rings (SSSR count). The van der Waals surface area contributed by atoms with Gasteiger partial charge in [-0.25, -0.2) is 4.90 Å². The van der Waals surface area contributed by atoms with Crippen LogP contribution in [0.15, 0.2) is 78.9 Å². The maximum absolute atomic E-state index is 13.5. The summed E-state index contributed by atoms with van der Waals surface area (Å²) in [6.45, 7) is 6.47. The zero-order chi connectivity index (χ0) is 24.2. The van der Waals surface area contributed by atoms with Crippen LogP contribution in [0.5, 0.6) is 0 Å². The third kappa shape index (κ3) is 5.09. The van der Waals surface area contributed by atoms with Gasteiger partial charge in [0.2, 0.25) is 11.8 Å². The number of benzene rings is 3. The number of amides is 3. The molecule has 3 aromatic carbocycles. The summed E-state index contributed by atoms with van der Waals surface area (Å²) in [5.74, 6) is -0.452. The topological polar surface area (TPSA) is 57.7 Å². The molecule has 1 fully saturated rings. The summed E-state index contributed by atoms with van der Waals surface area (Å²) in [5.41, 5.74) is 4.60. The van der Waals surface area contributed by atoms with Gasteiger partial charge in [0.15, 0.2) is 0 Å². The number of hydrogen-bond acceptors (Lipinski definition) is 3. The predicted octanol–water partition coefficient (Wildman–Crippen LogP) is 5.02. The van der Waals surface area contributed by atoms with E-state index in [1.807, 2.05) is 85.8 Å². The minimum absolute atomic E-state index is 0.0167. The standard InChI is InChI=1S/C29H30N2O3/c1-20(2)24-13-15-25(16-14-24)31-28(33)18-26(29(31)34)30(19-23-11-9-21(3)10-12-23)27(32)17-22-7-5-4-6-8-22/h4-16,20,26H,17-19H2,1-3H3. The highest BCUT2D eigenvalue weighted by Crippen LogP contribution is 2.28. The van der Waals surface area contributed by atoms with Gasteiger partial charge >= 0.3 is 0 Å². The van der Waals surface area contributed by atoms with Crippen LogP contribution in [0, 0.1) is 6.92 Å². The molecule has 1 aliphatic heterocycles. The van der Waals surface area contributed by atoms with Crippen LogP contribution in [-0.2, 0) is 27.3 Å². The van der Waals surface area contributed by atoms with Crippen molar-refractivity contribution in [3.8, 4) is 0 Å². The molecule has 0 spiro atoms. The minimum atomic E-state index is -0.824. The van der Waals surface area contributed by atoms with Crippen molar-refractivity contribution in [1.82, 2.24) is 4.90 Å². The van der Waals surface area contributed by atoms with E-state index >= 15 is 0 Å². The molecule has 0 aromatic heterocycles. The SMILES string of the molecule is Cc1ccc(CN(C(=O)Cc2ccccc2)C2CC(=O)N(c3ccc(C(C)C)cc3)C2=O)cc1. The van der Waals surface area contributed by atoms with Crippen molar-refractivity contribution >= 4 is 23.4 Å². The second kappa shape index (κ2) is 10.0. The maximum Gasteiger partial charge on any atom is 0.257 e. The molecule has 1 aliphatic rings. The van der Waals surface area contributed by atoms with Gasteiger partial charge in [0, 0.05) is 6.54 Å². The van der Waals surface area contributed by atoms with Crippen LogP contribution in [0.1, 0.15) is 48.4 Å². The monoisotopic (exact) mass is 454 g/mol. The van der Waals surface area contributed by atoms with Crippen molar-refractivity contribution in [2.24, 2.45) is 0 Å². The van der Waals surface area contributed by atoms with Crippen molar-refractivity contribution in [3.05, 3.63) is 101 Å². The summed E-state index contributed by atoms with van der Waals surface area (Å²) in [5, 5.41) is 0. The highest BCUT2D eigenvalue weighted by molar-refractivity contribution is 6.23. The first-order valence-corrected chi connectivity index (χ1v) is 11.7. The lowest BCUT2D eigenvalue weighted by Gasteiger charge is -2.28. The Bertz CT molecular complexity index is 1170. The molecule has 0 saturated carbocycles. The van der Waals surface area contributed by atoms with Gasteiger partial charge in [0.05, 0.1) is 18.5 Å². The first-order valence-electron chi connectivity index (χ1n) is 11.7. The van der Waals surface area contributed by atoms with Crippen LogP contribution in [0.3, 0.4) is 0 Å². The van der Waals surface area contributed by atoms with E-state index in [4.69, 9.17) is 0 Å². The van der Waals surface area contributed by atoms with E-state index in [0.29, 0.717) is 11.6 Å².